The Kier molecular flexibility index (Phi) is 5.75. The van der Waals surface area contributed by atoms with Crippen LogP contribution >= 0.6 is 0 Å². The predicted octanol–water partition coefficient (Wildman–Crippen LogP) is 3.47. The van der Waals surface area contributed by atoms with Gasteiger partial charge in [-0.2, -0.15) is 0 Å². The van der Waals surface area contributed by atoms with Gasteiger partial charge in [0, 0.05) is 5.92 Å². The fourth-order valence-corrected chi connectivity index (χ4v) is 2.24. The van der Waals surface area contributed by atoms with E-state index in [4.69, 9.17) is 5.73 Å². The fourth-order valence-electron chi connectivity index (χ4n) is 2.24. The Morgan fingerprint density at radius 2 is 1.88 bits per heavy atom. The van der Waals surface area contributed by atoms with Crippen molar-refractivity contribution in [3.8, 4) is 0 Å². The number of benzene rings is 1. The smallest absolute Gasteiger partial charge is 0.221 e. The zero-order valence-corrected chi connectivity index (χ0v) is 10.9. The summed E-state index contributed by atoms with van der Waals surface area (Å²) in [4.78, 5) is 11.5. The molecule has 1 aromatic carbocycles. The highest BCUT2D eigenvalue weighted by molar-refractivity contribution is 5.77. The van der Waals surface area contributed by atoms with Gasteiger partial charge in [0.05, 0.1) is 0 Å². The number of amides is 1. The van der Waals surface area contributed by atoms with Crippen LogP contribution in [0.25, 0.3) is 0 Å². The maximum atomic E-state index is 11.5. The molecular weight excluding hydrogens is 210 g/mol. The van der Waals surface area contributed by atoms with Gasteiger partial charge >= 0.3 is 0 Å². The quantitative estimate of drug-likeness (QED) is 0.720. The first-order valence-electron chi connectivity index (χ1n) is 6.51. The minimum atomic E-state index is -0.169. The van der Waals surface area contributed by atoms with Gasteiger partial charge in [-0.1, -0.05) is 63.4 Å². The highest BCUT2D eigenvalue weighted by atomic mass is 16.1. The maximum Gasteiger partial charge on any atom is 0.221 e. The van der Waals surface area contributed by atoms with Gasteiger partial charge in [0.1, 0.15) is 0 Å². The third-order valence-electron chi connectivity index (χ3n) is 3.41. The second kappa shape index (κ2) is 7.10. The highest BCUT2D eigenvalue weighted by Gasteiger charge is 2.23. The normalized spacial score (nSPS) is 14.2. The molecule has 2 heteroatoms. The van der Waals surface area contributed by atoms with E-state index in [1.165, 1.54) is 18.4 Å². The monoisotopic (exact) mass is 233 g/mol. The van der Waals surface area contributed by atoms with Crippen LogP contribution in [0.2, 0.25) is 0 Å². The molecular formula is C15H23NO. The zero-order valence-electron chi connectivity index (χ0n) is 10.9. The molecule has 0 aliphatic heterocycles. The lowest BCUT2D eigenvalue weighted by molar-refractivity contribution is -0.122. The highest BCUT2D eigenvalue weighted by Crippen LogP contribution is 2.28. The van der Waals surface area contributed by atoms with E-state index in [1.807, 2.05) is 18.2 Å². The molecule has 17 heavy (non-hydrogen) atoms. The topological polar surface area (TPSA) is 43.1 Å². The van der Waals surface area contributed by atoms with E-state index in [1.54, 1.807) is 0 Å². The summed E-state index contributed by atoms with van der Waals surface area (Å²) < 4.78 is 0. The van der Waals surface area contributed by atoms with E-state index < -0.39 is 0 Å². The number of carbonyl (C=O) groups is 1. The largest absolute Gasteiger partial charge is 0.369 e. The SMILES string of the molecule is CCCCCC(C(N)=O)C(C)c1ccccc1. The summed E-state index contributed by atoms with van der Waals surface area (Å²) in [6.07, 6.45) is 4.33. The number of carbonyl (C=O) groups excluding carboxylic acids is 1. The molecule has 1 aromatic rings. The number of primary amides is 1. The summed E-state index contributed by atoms with van der Waals surface area (Å²) in [5.74, 6) is 0.00645. The Morgan fingerprint density at radius 1 is 1.24 bits per heavy atom. The van der Waals surface area contributed by atoms with E-state index in [0.29, 0.717) is 0 Å². The average molecular weight is 233 g/mol. The number of hydrogen-bond donors (Lipinski definition) is 1. The van der Waals surface area contributed by atoms with E-state index in [2.05, 4.69) is 26.0 Å². The Hall–Kier alpha value is -1.31. The summed E-state index contributed by atoms with van der Waals surface area (Å²) in [5.41, 5.74) is 6.72. The molecule has 1 rings (SSSR count). The Labute approximate surface area is 104 Å². The van der Waals surface area contributed by atoms with E-state index in [9.17, 15) is 4.79 Å². The van der Waals surface area contributed by atoms with Crippen molar-refractivity contribution >= 4 is 5.91 Å². The summed E-state index contributed by atoms with van der Waals surface area (Å²) in [6, 6.07) is 10.2. The molecule has 1 amide bonds. The van der Waals surface area contributed by atoms with Crippen LogP contribution in [0.3, 0.4) is 0 Å². The minimum Gasteiger partial charge on any atom is -0.369 e. The predicted molar refractivity (Wildman–Crippen MR) is 71.7 cm³/mol. The van der Waals surface area contributed by atoms with Gasteiger partial charge in [0.15, 0.2) is 0 Å². The fraction of sp³-hybridized carbons (Fsp3) is 0.533. The third-order valence-corrected chi connectivity index (χ3v) is 3.41. The van der Waals surface area contributed by atoms with Crippen LogP contribution in [0.5, 0.6) is 0 Å². The van der Waals surface area contributed by atoms with Gasteiger partial charge in [-0.3, -0.25) is 4.79 Å². The molecule has 2 N–H and O–H groups in total. The number of nitrogens with two attached hydrogens (primary N) is 1. The second-order valence-electron chi connectivity index (χ2n) is 4.70. The van der Waals surface area contributed by atoms with Crippen molar-refractivity contribution in [2.24, 2.45) is 11.7 Å². The summed E-state index contributed by atoms with van der Waals surface area (Å²) >= 11 is 0. The number of hydrogen-bond acceptors (Lipinski definition) is 1. The van der Waals surface area contributed by atoms with Gasteiger partial charge in [0.25, 0.3) is 0 Å². The standard InChI is InChI=1S/C15H23NO/c1-3-4-6-11-14(15(16)17)12(2)13-9-7-5-8-10-13/h5,7-10,12,14H,3-4,6,11H2,1-2H3,(H2,16,17). The molecule has 0 bridgehead atoms. The first kappa shape index (κ1) is 13.8. The van der Waals surface area contributed by atoms with Crippen LogP contribution in [-0.4, -0.2) is 5.91 Å². The molecule has 0 radical (unpaired) electrons. The Bertz CT molecular complexity index is 334. The van der Waals surface area contributed by atoms with Crippen molar-refractivity contribution < 1.29 is 4.79 Å². The Morgan fingerprint density at radius 3 is 2.41 bits per heavy atom. The molecule has 0 saturated heterocycles. The molecule has 2 unspecified atom stereocenters. The number of unbranched alkanes of at least 4 members (excludes halogenated alkanes) is 2. The summed E-state index contributed by atoms with van der Waals surface area (Å²) in [6.45, 7) is 4.26. The first-order chi connectivity index (χ1) is 8.16. The molecule has 0 aromatic heterocycles. The van der Waals surface area contributed by atoms with Crippen LogP contribution in [0.15, 0.2) is 30.3 Å². The lowest BCUT2D eigenvalue weighted by Gasteiger charge is -2.21. The van der Waals surface area contributed by atoms with Gasteiger partial charge < -0.3 is 5.73 Å². The van der Waals surface area contributed by atoms with Gasteiger partial charge in [-0.05, 0) is 17.9 Å². The van der Waals surface area contributed by atoms with Crippen LogP contribution in [0.4, 0.5) is 0 Å². The second-order valence-corrected chi connectivity index (χ2v) is 4.70. The molecule has 0 fully saturated rings. The molecule has 0 heterocycles. The van der Waals surface area contributed by atoms with Crippen molar-refractivity contribution in [2.75, 3.05) is 0 Å². The third kappa shape index (κ3) is 4.22. The van der Waals surface area contributed by atoms with Crippen LogP contribution in [-0.2, 0) is 4.79 Å². The van der Waals surface area contributed by atoms with Crippen molar-refractivity contribution in [1.29, 1.82) is 0 Å². The first-order valence-corrected chi connectivity index (χ1v) is 6.51. The Balaban J connectivity index is 2.67. The van der Waals surface area contributed by atoms with E-state index in [-0.39, 0.29) is 17.7 Å². The lowest BCUT2D eigenvalue weighted by atomic mass is 9.83. The van der Waals surface area contributed by atoms with Gasteiger partial charge in [0.2, 0.25) is 5.91 Å². The summed E-state index contributed by atoms with van der Waals surface area (Å²) in [7, 11) is 0. The molecule has 0 saturated carbocycles. The summed E-state index contributed by atoms with van der Waals surface area (Å²) in [5, 5.41) is 0. The zero-order chi connectivity index (χ0) is 12.7. The molecule has 94 valence electrons. The van der Waals surface area contributed by atoms with Crippen molar-refractivity contribution in [2.45, 2.75) is 45.4 Å². The van der Waals surface area contributed by atoms with Crippen molar-refractivity contribution in [3.63, 3.8) is 0 Å². The molecule has 0 aliphatic carbocycles. The molecule has 2 nitrogen and oxygen atoms in total. The lowest BCUT2D eigenvalue weighted by Crippen LogP contribution is -2.27. The van der Waals surface area contributed by atoms with Crippen molar-refractivity contribution in [3.05, 3.63) is 35.9 Å². The van der Waals surface area contributed by atoms with Gasteiger partial charge in [-0.15, -0.1) is 0 Å². The van der Waals surface area contributed by atoms with Crippen molar-refractivity contribution in [1.82, 2.24) is 0 Å². The van der Waals surface area contributed by atoms with Crippen LogP contribution < -0.4 is 5.73 Å². The molecule has 0 aliphatic rings. The number of rotatable bonds is 7. The average Bonchev–Trinajstić information content (AvgIpc) is 2.34. The molecule has 0 spiro atoms. The van der Waals surface area contributed by atoms with Crippen LogP contribution in [0, 0.1) is 5.92 Å². The maximum absolute atomic E-state index is 11.5. The van der Waals surface area contributed by atoms with Crippen LogP contribution in [0.1, 0.15) is 51.0 Å². The van der Waals surface area contributed by atoms with E-state index >= 15 is 0 Å². The van der Waals surface area contributed by atoms with E-state index in [0.717, 1.165) is 12.8 Å². The minimum absolute atomic E-state index is 0.0380. The van der Waals surface area contributed by atoms with Gasteiger partial charge in [-0.25, -0.2) is 0 Å². The molecule has 2 atom stereocenters.